The summed E-state index contributed by atoms with van der Waals surface area (Å²) in [5.41, 5.74) is 4.99. The third-order valence-electron chi connectivity index (χ3n) is 29.5. The van der Waals surface area contributed by atoms with Crippen LogP contribution in [-0.4, -0.2) is 56.0 Å². The number of carbonyl (C=O) groups is 7. The van der Waals surface area contributed by atoms with Crippen molar-refractivity contribution in [1.82, 2.24) is 0 Å². The lowest BCUT2D eigenvalue weighted by Crippen LogP contribution is -2.26. The van der Waals surface area contributed by atoms with Crippen LogP contribution in [0.5, 0.6) is 11.5 Å². The molecule has 0 aliphatic rings. The highest BCUT2D eigenvalue weighted by Gasteiger charge is 2.35. The van der Waals surface area contributed by atoms with Crippen LogP contribution in [0.4, 0.5) is 0 Å². The summed E-state index contributed by atoms with van der Waals surface area (Å²) in [7, 11) is 3.25. The van der Waals surface area contributed by atoms with Crippen molar-refractivity contribution >= 4 is 139 Å². The first-order valence-electron chi connectivity index (χ1n) is 53.2. The molecule has 9 unspecified atom stereocenters. The molecule has 0 saturated heterocycles. The Morgan fingerprint density at radius 2 is 0.440 bits per heavy atom. The number of methoxy groups -OCH3 is 2. The standard InChI is InChI=1S/3C22H24O2.C21H22O2.C18H22O2.C15H22O3.C14H20O3/c1-5-22(3,4)21(23)24-15(2)20-18-12-8-6-10-16(18)14-17-11-7-9-13-19(17)20;1-5-22(3,4)21(23)24-15(2)19-12-8-11-18-13-16-9-6-7-10-17(16)14-20(18)19;1-5-22(3,4)21(23)24-15(2)16-10-11-19-13-17-8-6-7-9-18(17)14-20(19)12-16;1-4-14(2)21(22)23-15(3)19-11-7-10-18-12-16-8-5-6-9-17(16)13-20(18)19;1-5-18(3,4)17(19)20-13(2)15-11-10-14-8-6-7-9-16(14)12-15;1-6-15(3,4)14(16)18-11(2)12-7-9-13(17-5)10-8-12;1-5-10(2)14(15)17-11(3)12-6-8-13(16-4)9-7-12/h3*6-15H,5H2,1-4H3;5-15H,4H2,1-3H3;6-13H,5H2,1-4H3;7-11H,6H2,1-5H3;6-11H,5H2,1-4H3. The summed E-state index contributed by atoms with van der Waals surface area (Å²) < 4.78 is 49.6. The number of hydrogen-bond acceptors (Lipinski definition) is 16. The fourth-order valence-corrected chi connectivity index (χ4v) is 16.3. The minimum Gasteiger partial charge on any atom is -0.497 e. The summed E-state index contributed by atoms with van der Waals surface area (Å²) in [6.07, 6.45) is 3.68. The summed E-state index contributed by atoms with van der Waals surface area (Å²) in [5.74, 6) is 0.493. The maximum absolute atomic E-state index is 12.5. The zero-order valence-electron chi connectivity index (χ0n) is 93.6. The Balaban J connectivity index is 0.000000179. The van der Waals surface area contributed by atoms with Crippen LogP contribution in [0.1, 0.15) is 307 Å². The topological polar surface area (TPSA) is 203 Å². The molecule has 9 atom stereocenters. The van der Waals surface area contributed by atoms with Crippen molar-refractivity contribution in [2.24, 2.45) is 38.9 Å². The number of ether oxygens (including phenoxy) is 9. The molecule has 150 heavy (non-hydrogen) atoms. The van der Waals surface area contributed by atoms with Gasteiger partial charge in [-0.25, -0.2) is 0 Å². The molecule has 16 heteroatoms. The highest BCUT2D eigenvalue weighted by atomic mass is 16.6. The third kappa shape index (κ3) is 31.2. The normalized spacial score (nSPS) is 13.3. The molecule has 16 aromatic carbocycles. The number of hydrogen-bond donors (Lipinski definition) is 0. The predicted octanol–water partition coefficient (Wildman–Crippen LogP) is 35.7. The van der Waals surface area contributed by atoms with E-state index < -0.39 is 27.1 Å². The second-order valence-corrected chi connectivity index (χ2v) is 42.4. The van der Waals surface area contributed by atoms with Crippen molar-refractivity contribution in [3.8, 4) is 11.5 Å². The Kier molecular flexibility index (Phi) is 42.2. The van der Waals surface area contributed by atoms with Gasteiger partial charge >= 0.3 is 41.8 Å². The van der Waals surface area contributed by atoms with Crippen LogP contribution in [0.25, 0.3) is 97.0 Å². The summed E-state index contributed by atoms with van der Waals surface area (Å²) in [6.45, 7) is 50.5. The van der Waals surface area contributed by atoms with E-state index in [0.717, 1.165) is 117 Å². The van der Waals surface area contributed by atoms with E-state index in [-0.39, 0.29) is 96.3 Å². The van der Waals surface area contributed by atoms with E-state index in [4.69, 9.17) is 42.6 Å². The summed E-state index contributed by atoms with van der Waals surface area (Å²) in [4.78, 5) is 85.0. The predicted molar refractivity (Wildman–Crippen MR) is 617 cm³/mol. The molecule has 0 radical (unpaired) electrons. The minimum atomic E-state index is -0.464. The largest absolute Gasteiger partial charge is 0.497 e. The van der Waals surface area contributed by atoms with Gasteiger partial charge in [0.25, 0.3) is 0 Å². The maximum atomic E-state index is 12.5. The fraction of sp³-hybridized carbons (Fsp3) is 0.366. The van der Waals surface area contributed by atoms with E-state index in [1.807, 2.05) is 313 Å². The van der Waals surface area contributed by atoms with Crippen LogP contribution in [-0.2, 0) is 66.7 Å². The lowest BCUT2D eigenvalue weighted by molar-refractivity contribution is -0.160. The molecule has 0 heterocycles. The number of benzene rings is 16. The van der Waals surface area contributed by atoms with Crippen LogP contribution in [0.2, 0.25) is 0 Å². The Hall–Kier alpha value is -14.3. The van der Waals surface area contributed by atoms with Crippen LogP contribution >= 0.6 is 0 Å². The quantitative estimate of drug-likeness (QED) is 0.0233. The molecule has 0 amide bonds. The van der Waals surface area contributed by atoms with E-state index in [1.165, 1.54) is 75.4 Å². The van der Waals surface area contributed by atoms with Gasteiger partial charge in [0.2, 0.25) is 0 Å². The highest BCUT2D eigenvalue weighted by Crippen LogP contribution is 2.41. The van der Waals surface area contributed by atoms with E-state index in [2.05, 4.69) is 176 Å². The van der Waals surface area contributed by atoms with Crippen molar-refractivity contribution in [1.29, 1.82) is 0 Å². The van der Waals surface area contributed by atoms with E-state index in [0.29, 0.717) is 0 Å². The molecule has 0 aliphatic heterocycles. The Labute approximate surface area is 890 Å². The van der Waals surface area contributed by atoms with E-state index >= 15 is 0 Å². The molecule has 16 nitrogen and oxygen atoms in total. The lowest BCUT2D eigenvalue weighted by Gasteiger charge is -2.25. The molecular weight excluding hydrogens is 1870 g/mol. The van der Waals surface area contributed by atoms with Crippen LogP contribution < -0.4 is 9.47 Å². The Bertz CT molecular complexity index is 7170. The smallest absolute Gasteiger partial charge is 0.312 e. The van der Waals surface area contributed by atoms with Crippen molar-refractivity contribution in [3.05, 3.63) is 348 Å². The fourth-order valence-electron chi connectivity index (χ4n) is 16.3. The number of carbonyl (C=O) groups excluding carboxylic acids is 7. The highest BCUT2D eigenvalue weighted by molar-refractivity contribution is 6.05. The molecule has 0 fully saturated rings. The monoisotopic (exact) mass is 2020 g/mol. The van der Waals surface area contributed by atoms with Crippen molar-refractivity contribution in [2.45, 2.75) is 268 Å². The number of esters is 7. The second-order valence-electron chi connectivity index (χ2n) is 42.4. The first-order valence-corrected chi connectivity index (χ1v) is 53.2. The molecule has 0 N–H and O–H groups in total. The second kappa shape index (κ2) is 53.8. The summed E-state index contributed by atoms with van der Waals surface area (Å²) >= 11 is 0. The Morgan fingerprint density at radius 1 is 0.213 bits per heavy atom. The SMILES string of the molecule is CCC(C)(C)C(=O)OC(C)c1c2ccccc2cc2ccccc12.CCC(C)(C)C(=O)OC(C)c1ccc(OC)cc1.CCC(C)(C)C(=O)OC(C)c1ccc2cc3ccccc3cc2c1.CCC(C)(C)C(=O)OC(C)c1ccc2ccccc2c1.CCC(C)(C)C(=O)OC(C)c1cccc2cc3ccccc3cc12.CCC(C)C(=O)OC(C)c1ccc(OC)cc1.CCC(C)C(=O)OC(C)c1cccc2cc3ccccc3cc12. The first-order chi connectivity index (χ1) is 71.3. The first kappa shape index (κ1) is 118. The molecule has 16 rings (SSSR count). The van der Waals surface area contributed by atoms with Gasteiger partial charge in [0.15, 0.2) is 0 Å². The van der Waals surface area contributed by atoms with Gasteiger partial charge in [-0.1, -0.05) is 293 Å². The minimum absolute atomic E-state index is 0.0456. The van der Waals surface area contributed by atoms with Crippen LogP contribution in [0.15, 0.2) is 309 Å². The molecule has 0 aromatic heterocycles. The molecule has 0 spiro atoms. The lowest BCUT2D eigenvalue weighted by atomic mass is 9.90. The molecule has 790 valence electrons. The zero-order chi connectivity index (χ0) is 110. The molecular formula is C134H158O16. The van der Waals surface area contributed by atoms with Crippen molar-refractivity contribution in [3.63, 3.8) is 0 Å². The van der Waals surface area contributed by atoms with Gasteiger partial charge in [0.1, 0.15) is 54.2 Å². The van der Waals surface area contributed by atoms with Gasteiger partial charge in [0, 0.05) is 11.1 Å². The third-order valence-corrected chi connectivity index (χ3v) is 29.5. The number of rotatable bonds is 30. The molecule has 16 aromatic rings. The Morgan fingerprint density at radius 3 is 0.780 bits per heavy atom. The van der Waals surface area contributed by atoms with Gasteiger partial charge < -0.3 is 42.6 Å². The van der Waals surface area contributed by atoms with Gasteiger partial charge in [-0.2, -0.15) is 0 Å². The van der Waals surface area contributed by atoms with Crippen molar-refractivity contribution < 1.29 is 76.2 Å². The maximum Gasteiger partial charge on any atom is 0.312 e. The summed E-state index contributed by atoms with van der Waals surface area (Å²) in [6, 6.07) is 105. The molecule has 0 saturated carbocycles. The van der Waals surface area contributed by atoms with Crippen LogP contribution in [0.3, 0.4) is 0 Å². The summed E-state index contributed by atoms with van der Waals surface area (Å²) in [5, 5.41) is 21.3. The number of fused-ring (bicyclic) bond motifs is 9. The van der Waals surface area contributed by atoms with Crippen molar-refractivity contribution in [2.75, 3.05) is 14.2 Å². The van der Waals surface area contributed by atoms with E-state index in [1.54, 1.807) is 14.2 Å². The zero-order valence-corrected chi connectivity index (χ0v) is 93.6. The average Bonchev–Trinajstić information content (AvgIpc) is 0.761. The molecule has 0 bridgehead atoms. The van der Waals surface area contributed by atoms with Crippen LogP contribution in [0, 0.1) is 38.9 Å². The van der Waals surface area contributed by atoms with Gasteiger partial charge in [-0.15, -0.1) is 0 Å². The van der Waals surface area contributed by atoms with Gasteiger partial charge in [0.05, 0.1) is 53.1 Å². The van der Waals surface area contributed by atoms with Gasteiger partial charge in [-0.05, 0) is 366 Å². The van der Waals surface area contributed by atoms with E-state index in [9.17, 15) is 33.6 Å². The average molecular weight is 2020 g/mol. The molecule has 0 aliphatic carbocycles. The van der Waals surface area contributed by atoms with Gasteiger partial charge in [-0.3, -0.25) is 33.6 Å².